The normalized spacial score (nSPS) is 12.0. The Kier molecular flexibility index (Phi) is 5.00. The van der Waals surface area contributed by atoms with Gasteiger partial charge in [0.25, 0.3) is 0 Å². The highest BCUT2D eigenvalue weighted by molar-refractivity contribution is 5.96. The molecule has 0 fully saturated rings. The largest absolute Gasteiger partial charge is 0.464 e. The molecule has 1 amide bonds. The van der Waals surface area contributed by atoms with Crippen molar-refractivity contribution in [2.45, 2.75) is 39.3 Å². The standard InChI is InChI=1S/C21H20F3NO2/c1-12(2)15-10-16-14(11-27-19(16)8-13(15)3)9-20(26)25-18-7-5-4-6-17(18)21(22,23)24/h4-8,10-12H,9H2,1-3H3,(H,25,26). The first-order valence-corrected chi connectivity index (χ1v) is 8.63. The first kappa shape index (κ1) is 19.0. The number of furan rings is 1. The lowest BCUT2D eigenvalue weighted by Crippen LogP contribution is -2.18. The molecule has 0 radical (unpaired) electrons. The maximum absolute atomic E-state index is 13.1. The molecule has 142 valence electrons. The van der Waals surface area contributed by atoms with E-state index in [9.17, 15) is 18.0 Å². The van der Waals surface area contributed by atoms with Crippen LogP contribution in [-0.2, 0) is 17.4 Å². The summed E-state index contributed by atoms with van der Waals surface area (Å²) >= 11 is 0. The van der Waals surface area contributed by atoms with E-state index in [0.717, 1.165) is 22.6 Å². The summed E-state index contributed by atoms with van der Waals surface area (Å²) in [5, 5.41) is 3.18. The van der Waals surface area contributed by atoms with Gasteiger partial charge in [-0.15, -0.1) is 0 Å². The van der Waals surface area contributed by atoms with Crippen LogP contribution >= 0.6 is 0 Å². The van der Waals surface area contributed by atoms with Crippen LogP contribution in [0.15, 0.2) is 47.1 Å². The molecule has 0 unspecified atom stereocenters. The Morgan fingerprint density at radius 3 is 2.56 bits per heavy atom. The third-order valence-electron chi connectivity index (χ3n) is 4.52. The van der Waals surface area contributed by atoms with Gasteiger partial charge in [0.05, 0.1) is 23.9 Å². The molecular weight excluding hydrogens is 355 g/mol. The maximum Gasteiger partial charge on any atom is 0.418 e. The van der Waals surface area contributed by atoms with Crippen molar-refractivity contribution in [3.05, 3.63) is 64.9 Å². The second-order valence-electron chi connectivity index (χ2n) is 6.89. The highest BCUT2D eigenvalue weighted by atomic mass is 19.4. The minimum atomic E-state index is -4.53. The van der Waals surface area contributed by atoms with Crippen molar-refractivity contribution in [3.8, 4) is 0 Å². The van der Waals surface area contributed by atoms with Crippen LogP contribution < -0.4 is 5.32 Å². The Bertz CT molecular complexity index is 987. The molecule has 0 saturated heterocycles. The van der Waals surface area contributed by atoms with Crippen LogP contribution in [0, 0.1) is 6.92 Å². The molecule has 3 aromatic rings. The zero-order chi connectivity index (χ0) is 19.8. The quantitative estimate of drug-likeness (QED) is 0.602. The van der Waals surface area contributed by atoms with Crippen molar-refractivity contribution in [2.75, 3.05) is 5.32 Å². The number of hydrogen-bond acceptors (Lipinski definition) is 2. The molecule has 1 heterocycles. The predicted molar refractivity (Wildman–Crippen MR) is 98.8 cm³/mol. The number of aryl methyl sites for hydroxylation is 1. The molecule has 0 atom stereocenters. The number of amides is 1. The van der Waals surface area contributed by atoms with Gasteiger partial charge in [0.15, 0.2) is 0 Å². The Morgan fingerprint density at radius 2 is 1.89 bits per heavy atom. The van der Waals surface area contributed by atoms with E-state index < -0.39 is 17.6 Å². The number of hydrogen-bond donors (Lipinski definition) is 1. The summed E-state index contributed by atoms with van der Waals surface area (Å²) in [5.74, 6) is -0.217. The fraction of sp³-hybridized carbons (Fsp3) is 0.286. The monoisotopic (exact) mass is 375 g/mol. The molecule has 6 heteroatoms. The molecule has 3 rings (SSSR count). The van der Waals surface area contributed by atoms with Crippen molar-refractivity contribution >= 4 is 22.6 Å². The SMILES string of the molecule is Cc1cc2occ(CC(=O)Nc3ccccc3C(F)(F)F)c2cc1C(C)C. The first-order valence-electron chi connectivity index (χ1n) is 8.63. The smallest absolute Gasteiger partial charge is 0.418 e. The van der Waals surface area contributed by atoms with Gasteiger partial charge in [0.2, 0.25) is 5.91 Å². The molecule has 0 aliphatic carbocycles. The second-order valence-corrected chi connectivity index (χ2v) is 6.89. The Hall–Kier alpha value is -2.76. The number of anilines is 1. The summed E-state index contributed by atoms with van der Waals surface area (Å²) in [7, 11) is 0. The Balaban J connectivity index is 1.86. The number of halogens is 3. The van der Waals surface area contributed by atoms with Gasteiger partial charge in [0.1, 0.15) is 5.58 Å². The summed E-state index contributed by atoms with van der Waals surface area (Å²) in [6.07, 6.45) is -3.11. The Labute approximate surface area is 155 Å². The van der Waals surface area contributed by atoms with E-state index in [1.54, 1.807) is 0 Å². The van der Waals surface area contributed by atoms with Crippen molar-refractivity contribution in [3.63, 3.8) is 0 Å². The number of fused-ring (bicyclic) bond motifs is 1. The summed E-state index contributed by atoms with van der Waals surface area (Å²) in [5.41, 5.74) is 2.44. The van der Waals surface area contributed by atoms with Gasteiger partial charge >= 0.3 is 6.18 Å². The second kappa shape index (κ2) is 7.10. The van der Waals surface area contributed by atoms with Crippen LogP contribution in [-0.4, -0.2) is 5.91 Å². The lowest BCUT2D eigenvalue weighted by Gasteiger charge is -2.13. The molecule has 0 aliphatic rings. The number of carbonyl (C=O) groups excluding carboxylic acids is 1. The third kappa shape index (κ3) is 3.99. The molecule has 1 aromatic heterocycles. The number of benzene rings is 2. The van der Waals surface area contributed by atoms with Crippen LogP contribution in [0.3, 0.4) is 0 Å². The molecule has 3 nitrogen and oxygen atoms in total. The topological polar surface area (TPSA) is 42.2 Å². The van der Waals surface area contributed by atoms with Crippen LogP contribution in [0.5, 0.6) is 0 Å². The number of alkyl halides is 3. The van der Waals surface area contributed by atoms with E-state index >= 15 is 0 Å². The van der Waals surface area contributed by atoms with E-state index in [1.807, 2.05) is 19.1 Å². The molecule has 0 bridgehead atoms. The maximum atomic E-state index is 13.1. The average molecular weight is 375 g/mol. The molecule has 0 saturated carbocycles. The van der Waals surface area contributed by atoms with Gasteiger partial charge < -0.3 is 9.73 Å². The molecule has 0 spiro atoms. The molecule has 2 aromatic carbocycles. The highest BCUT2D eigenvalue weighted by Gasteiger charge is 2.33. The first-order chi connectivity index (χ1) is 12.7. The molecule has 1 N–H and O–H groups in total. The summed E-state index contributed by atoms with van der Waals surface area (Å²) in [4.78, 5) is 12.4. The minimum absolute atomic E-state index is 0.0697. The van der Waals surface area contributed by atoms with Crippen LogP contribution in [0.1, 0.15) is 42.0 Å². The number of nitrogens with one attached hydrogen (secondary N) is 1. The molecular formula is C21H20F3NO2. The fourth-order valence-corrected chi connectivity index (χ4v) is 3.21. The van der Waals surface area contributed by atoms with Gasteiger partial charge in [-0.1, -0.05) is 26.0 Å². The zero-order valence-corrected chi connectivity index (χ0v) is 15.3. The molecule has 0 aliphatic heterocycles. The third-order valence-corrected chi connectivity index (χ3v) is 4.52. The van der Waals surface area contributed by atoms with E-state index in [1.165, 1.54) is 24.5 Å². The fourth-order valence-electron chi connectivity index (χ4n) is 3.21. The zero-order valence-electron chi connectivity index (χ0n) is 15.3. The van der Waals surface area contributed by atoms with Crippen molar-refractivity contribution in [1.29, 1.82) is 0 Å². The van der Waals surface area contributed by atoms with Crippen molar-refractivity contribution < 1.29 is 22.4 Å². The number of rotatable bonds is 4. The van der Waals surface area contributed by atoms with Crippen LogP contribution in [0.25, 0.3) is 11.0 Å². The van der Waals surface area contributed by atoms with E-state index in [2.05, 4.69) is 19.2 Å². The Morgan fingerprint density at radius 1 is 1.19 bits per heavy atom. The van der Waals surface area contributed by atoms with Gasteiger partial charge in [0, 0.05) is 10.9 Å². The lowest BCUT2D eigenvalue weighted by atomic mass is 9.95. The summed E-state index contributed by atoms with van der Waals surface area (Å²) in [6, 6.07) is 8.85. The van der Waals surface area contributed by atoms with Crippen molar-refractivity contribution in [1.82, 2.24) is 0 Å². The lowest BCUT2D eigenvalue weighted by molar-refractivity contribution is -0.137. The van der Waals surface area contributed by atoms with E-state index in [-0.39, 0.29) is 12.1 Å². The minimum Gasteiger partial charge on any atom is -0.464 e. The average Bonchev–Trinajstić information content (AvgIpc) is 2.95. The van der Waals surface area contributed by atoms with Gasteiger partial charge in [-0.3, -0.25) is 4.79 Å². The highest BCUT2D eigenvalue weighted by Crippen LogP contribution is 2.35. The van der Waals surface area contributed by atoms with E-state index in [4.69, 9.17) is 4.42 Å². The summed E-state index contributed by atoms with van der Waals surface area (Å²) in [6.45, 7) is 6.15. The number of para-hydroxylation sites is 1. The van der Waals surface area contributed by atoms with Crippen LogP contribution in [0.4, 0.5) is 18.9 Å². The molecule has 27 heavy (non-hydrogen) atoms. The summed E-state index contributed by atoms with van der Waals surface area (Å²) < 4.78 is 44.8. The van der Waals surface area contributed by atoms with Crippen molar-refractivity contribution in [2.24, 2.45) is 0 Å². The van der Waals surface area contributed by atoms with E-state index in [0.29, 0.717) is 17.1 Å². The van der Waals surface area contributed by atoms with Gasteiger partial charge in [-0.05, 0) is 48.2 Å². The van der Waals surface area contributed by atoms with Gasteiger partial charge in [-0.2, -0.15) is 13.2 Å². The number of carbonyl (C=O) groups is 1. The van der Waals surface area contributed by atoms with Crippen LogP contribution in [0.2, 0.25) is 0 Å². The predicted octanol–water partition coefficient (Wildman–Crippen LogP) is 6.06. The van der Waals surface area contributed by atoms with Gasteiger partial charge in [-0.25, -0.2) is 0 Å².